The number of hydrogen-bond donors (Lipinski definition) is 1. The number of carbonyl (C=O) groups excluding carboxylic acids is 1. The number of hydrazone groups is 1. The molecule has 0 radical (unpaired) electrons. The van der Waals surface area contributed by atoms with Gasteiger partial charge in [0.15, 0.2) is 0 Å². The van der Waals surface area contributed by atoms with E-state index >= 15 is 0 Å². The molecule has 2 aromatic carbocycles. The summed E-state index contributed by atoms with van der Waals surface area (Å²) in [6.07, 6.45) is 5.59. The molecular formula is C18H14N4O4S. The first kappa shape index (κ1) is 18.2. The Morgan fingerprint density at radius 1 is 1.04 bits per heavy atom. The standard InChI is InChI=1S/C18H14N4O4S/c23-18(17-13-19-10-11-20-17)22-21-12-14-6-8-15(9-7-14)26-27(24,25)16-4-2-1-3-5-16/h1-13H,(H,22,23)/b21-12+. The van der Waals surface area contributed by atoms with Crippen LogP contribution in [0.2, 0.25) is 0 Å². The maximum Gasteiger partial charge on any atom is 0.339 e. The molecule has 0 unspecified atom stereocenters. The van der Waals surface area contributed by atoms with Gasteiger partial charge in [-0.05, 0) is 42.0 Å². The van der Waals surface area contributed by atoms with Gasteiger partial charge in [-0.15, -0.1) is 0 Å². The van der Waals surface area contributed by atoms with E-state index in [9.17, 15) is 13.2 Å². The largest absolute Gasteiger partial charge is 0.379 e. The molecule has 1 aromatic heterocycles. The summed E-state index contributed by atoms with van der Waals surface area (Å²) in [4.78, 5) is 19.5. The van der Waals surface area contributed by atoms with Gasteiger partial charge in [0, 0.05) is 12.4 Å². The first-order chi connectivity index (χ1) is 13.0. The number of carbonyl (C=O) groups is 1. The number of nitrogens with zero attached hydrogens (tertiary/aromatic N) is 3. The molecule has 136 valence electrons. The van der Waals surface area contributed by atoms with Crippen molar-refractivity contribution >= 4 is 22.2 Å². The summed E-state index contributed by atoms with van der Waals surface area (Å²) in [6.45, 7) is 0. The van der Waals surface area contributed by atoms with Crippen molar-refractivity contribution < 1.29 is 17.4 Å². The van der Waals surface area contributed by atoms with Crippen LogP contribution in [0, 0.1) is 0 Å². The van der Waals surface area contributed by atoms with Crippen molar-refractivity contribution in [3.05, 3.63) is 84.4 Å². The second-order valence-electron chi connectivity index (χ2n) is 5.21. The molecule has 0 aliphatic carbocycles. The van der Waals surface area contributed by atoms with Gasteiger partial charge in [0.2, 0.25) is 0 Å². The van der Waals surface area contributed by atoms with Crippen LogP contribution in [0.25, 0.3) is 0 Å². The minimum Gasteiger partial charge on any atom is -0.379 e. The van der Waals surface area contributed by atoms with E-state index in [1.54, 1.807) is 30.3 Å². The summed E-state index contributed by atoms with van der Waals surface area (Å²) in [7, 11) is -3.89. The topological polar surface area (TPSA) is 111 Å². The maximum atomic E-state index is 12.2. The van der Waals surface area contributed by atoms with E-state index < -0.39 is 16.0 Å². The molecule has 0 spiro atoms. The lowest BCUT2D eigenvalue weighted by atomic mass is 10.2. The molecule has 1 heterocycles. The molecule has 0 fully saturated rings. The summed E-state index contributed by atoms with van der Waals surface area (Å²) in [5.41, 5.74) is 3.10. The minimum atomic E-state index is -3.89. The SMILES string of the molecule is O=C(N/N=C/c1ccc(OS(=O)(=O)c2ccccc2)cc1)c1cnccn1. The fourth-order valence-corrected chi connectivity index (χ4v) is 2.96. The van der Waals surface area contributed by atoms with Gasteiger partial charge in [0.05, 0.1) is 12.4 Å². The van der Waals surface area contributed by atoms with Gasteiger partial charge in [-0.25, -0.2) is 10.4 Å². The summed E-state index contributed by atoms with van der Waals surface area (Å²) in [5, 5.41) is 3.82. The first-order valence-electron chi connectivity index (χ1n) is 7.74. The number of amides is 1. The highest BCUT2D eigenvalue weighted by Crippen LogP contribution is 2.18. The van der Waals surface area contributed by atoms with Crippen LogP contribution in [0.1, 0.15) is 16.1 Å². The molecule has 27 heavy (non-hydrogen) atoms. The Bertz CT molecular complexity index is 1040. The normalized spacial score (nSPS) is 11.3. The molecule has 3 aromatic rings. The number of nitrogens with one attached hydrogen (secondary N) is 1. The Labute approximate surface area is 155 Å². The molecular weight excluding hydrogens is 368 g/mol. The van der Waals surface area contributed by atoms with Crippen molar-refractivity contribution in [1.29, 1.82) is 0 Å². The quantitative estimate of drug-likeness (QED) is 0.397. The highest BCUT2D eigenvalue weighted by Gasteiger charge is 2.15. The fourth-order valence-electron chi connectivity index (χ4n) is 2.01. The Balaban J connectivity index is 1.61. The minimum absolute atomic E-state index is 0.0716. The van der Waals surface area contributed by atoms with E-state index in [-0.39, 0.29) is 16.3 Å². The lowest BCUT2D eigenvalue weighted by Gasteiger charge is -2.06. The van der Waals surface area contributed by atoms with E-state index in [0.717, 1.165) is 0 Å². The summed E-state index contributed by atoms with van der Waals surface area (Å²) < 4.78 is 29.4. The van der Waals surface area contributed by atoms with Gasteiger partial charge >= 0.3 is 10.1 Å². The van der Waals surface area contributed by atoms with Crippen molar-refractivity contribution in [2.75, 3.05) is 0 Å². The van der Waals surface area contributed by atoms with Gasteiger partial charge in [0.25, 0.3) is 5.91 Å². The molecule has 0 atom stereocenters. The van der Waals surface area contributed by atoms with Gasteiger partial charge < -0.3 is 4.18 Å². The Kier molecular flexibility index (Phi) is 5.53. The van der Waals surface area contributed by atoms with E-state index in [4.69, 9.17) is 4.18 Å². The van der Waals surface area contributed by atoms with Gasteiger partial charge in [-0.1, -0.05) is 18.2 Å². The number of benzene rings is 2. The maximum absolute atomic E-state index is 12.2. The van der Waals surface area contributed by atoms with E-state index in [1.165, 1.54) is 49.1 Å². The molecule has 0 bridgehead atoms. The third-order valence-corrected chi connectivity index (χ3v) is 4.55. The Morgan fingerprint density at radius 3 is 2.44 bits per heavy atom. The molecule has 9 heteroatoms. The predicted molar refractivity (Wildman–Crippen MR) is 97.8 cm³/mol. The van der Waals surface area contributed by atoms with Crippen molar-refractivity contribution in [3.63, 3.8) is 0 Å². The molecule has 0 aliphatic rings. The Hall–Kier alpha value is -3.59. The highest BCUT2D eigenvalue weighted by molar-refractivity contribution is 7.87. The van der Waals surface area contributed by atoms with Crippen molar-refractivity contribution in [2.24, 2.45) is 5.10 Å². The average molecular weight is 382 g/mol. The summed E-state index contributed by atoms with van der Waals surface area (Å²) in [5.74, 6) is -0.326. The van der Waals surface area contributed by atoms with Crippen molar-refractivity contribution in [1.82, 2.24) is 15.4 Å². The number of hydrogen-bond acceptors (Lipinski definition) is 7. The van der Waals surface area contributed by atoms with Crippen LogP contribution in [0.5, 0.6) is 5.75 Å². The number of rotatable bonds is 6. The highest BCUT2D eigenvalue weighted by atomic mass is 32.2. The predicted octanol–water partition coefficient (Wildman–Crippen LogP) is 2.01. The fraction of sp³-hybridized carbons (Fsp3) is 0. The smallest absolute Gasteiger partial charge is 0.339 e. The summed E-state index contributed by atoms with van der Waals surface area (Å²) in [6, 6.07) is 14.1. The lowest BCUT2D eigenvalue weighted by molar-refractivity contribution is 0.0949. The zero-order valence-electron chi connectivity index (χ0n) is 13.9. The first-order valence-corrected chi connectivity index (χ1v) is 9.14. The van der Waals surface area contributed by atoms with Crippen LogP contribution in [-0.4, -0.2) is 30.5 Å². The molecule has 3 rings (SSSR count). The molecule has 8 nitrogen and oxygen atoms in total. The van der Waals surface area contributed by atoms with Gasteiger partial charge in [-0.2, -0.15) is 13.5 Å². The van der Waals surface area contributed by atoms with Crippen molar-refractivity contribution in [2.45, 2.75) is 4.90 Å². The van der Waals surface area contributed by atoms with Crippen LogP contribution in [-0.2, 0) is 10.1 Å². The third-order valence-electron chi connectivity index (χ3n) is 3.29. The van der Waals surface area contributed by atoms with E-state index in [2.05, 4.69) is 20.5 Å². The van der Waals surface area contributed by atoms with Crippen LogP contribution >= 0.6 is 0 Å². The van der Waals surface area contributed by atoms with E-state index in [0.29, 0.717) is 5.56 Å². The zero-order valence-corrected chi connectivity index (χ0v) is 14.7. The molecule has 1 N–H and O–H groups in total. The lowest BCUT2D eigenvalue weighted by Crippen LogP contribution is -2.19. The molecule has 0 saturated heterocycles. The van der Waals surface area contributed by atoms with Crippen LogP contribution in [0.4, 0.5) is 0 Å². The van der Waals surface area contributed by atoms with Crippen LogP contribution < -0.4 is 9.61 Å². The van der Waals surface area contributed by atoms with Crippen molar-refractivity contribution in [3.8, 4) is 5.75 Å². The monoisotopic (exact) mass is 382 g/mol. The number of aromatic nitrogens is 2. The Morgan fingerprint density at radius 2 is 1.78 bits per heavy atom. The summed E-state index contributed by atoms with van der Waals surface area (Å²) >= 11 is 0. The second kappa shape index (κ2) is 8.19. The second-order valence-corrected chi connectivity index (χ2v) is 6.76. The average Bonchev–Trinajstić information content (AvgIpc) is 2.70. The van der Waals surface area contributed by atoms with E-state index in [1.807, 2.05) is 0 Å². The van der Waals surface area contributed by atoms with Gasteiger partial charge in [0.1, 0.15) is 16.3 Å². The third kappa shape index (κ3) is 4.95. The molecule has 0 saturated carbocycles. The van der Waals surface area contributed by atoms with Crippen LogP contribution in [0.3, 0.4) is 0 Å². The zero-order chi connectivity index (χ0) is 19.1. The molecule has 1 amide bonds. The van der Waals surface area contributed by atoms with Crippen LogP contribution in [0.15, 0.2) is 83.2 Å². The molecule has 0 aliphatic heterocycles. The van der Waals surface area contributed by atoms with Gasteiger partial charge in [-0.3, -0.25) is 9.78 Å².